The highest BCUT2D eigenvalue weighted by atomic mass is 15.1. The van der Waals surface area contributed by atoms with E-state index < -0.39 is 0 Å². The summed E-state index contributed by atoms with van der Waals surface area (Å²) in [6.45, 7) is 9.82. The molecule has 1 unspecified atom stereocenters. The lowest BCUT2D eigenvalue weighted by atomic mass is 9.85. The second-order valence-electron chi connectivity index (χ2n) is 7.31. The Bertz CT molecular complexity index is 452. The highest BCUT2D eigenvalue weighted by Gasteiger charge is 2.25. The third kappa shape index (κ3) is 3.17. The van der Waals surface area contributed by atoms with Gasteiger partial charge < -0.3 is 10.2 Å². The van der Waals surface area contributed by atoms with Gasteiger partial charge in [0.15, 0.2) is 0 Å². The Morgan fingerprint density at radius 1 is 1.20 bits per heavy atom. The zero-order chi connectivity index (χ0) is 14.0. The molecule has 2 aliphatic heterocycles. The molecule has 1 fully saturated rings. The van der Waals surface area contributed by atoms with Crippen molar-refractivity contribution >= 4 is 5.69 Å². The molecule has 3 rings (SSSR count). The molecule has 2 nitrogen and oxygen atoms in total. The molecule has 20 heavy (non-hydrogen) atoms. The molecule has 0 spiro atoms. The monoisotopic (exact) mass is 272 g/mol. The van der Waals surface area contributed by atoms with Crippen LogP contribution in [0.15, 0.2) is 24.3 Å². The van der Waals surface area contributed by atoms with E-state index in [-0.39, 0.29) is 0 Å². The minimum absolute atomic E-state index is 0.552. The van der Waals surface area contributed by atoms with E-state index in [1.54, 1.807) is 0 Å². The van der Waals surface area contributed by atoms with Gasteiger partial charge in [-0.25, -0.2) is 0 Å². The van der Waals surface area contributed by atoms with Gasteiger partial charge in [-0.3, -0.25) is 0 Å². The first-order chi connectivity index (χ1) is 9.64. The predicted octanol–water partition coefficient (Wildman–Crippen LogP) is 4.10. The van der Waals surface area contributed by atoms with E-state index in [2.05, 4.69) is 48.3 Å². The van der Waals surface area contributed by atoms with E-state index in [1.165, 1.54) is 56.6 Å². The number of benzene rings is 1. The van der Waals surface area contributed by atoms with Crippen LogP contribution < -0.4 is 5.32 Å². The van der Waals surface area contributed by atoms with Crippen LogP contribution in [0, 0.1) is 5.41 Å². The Kier molecular flexibility index (Phi) is 4.02. The van der Waals surface area contributed by atoms with E-state index in [4.69, 9.17) is 0 Å². The van der Waals surface area contributed by atoms with Gasteiger partial charge in [-0.2, -0.15) is 0 Å². The number of rotatable bonds is 3. The van der Waals surface area contributed by atoms with Crippen molar-refractivity contribution in [1.29, 1.82) is 0 Å². The maximum atomic E-state index is 3.54. The van der Waals surface area contributed by atoms with Crippen molar-refractivity contribution in [2.24, 2.45) is 5.41 Å². The second kappa shape index (κ2) is 5.77. The summed E-state index contributed by atoms with van der Waals surface area (Å²) in [6, 6.07) is 8.81. The van der Waals surface area contributed by atoms with Gasteiger partial charge in [-0.15, -0.1) is 0 Å². The Morgan fingerprint density at radius 3 is 2.95 bits per heavy atom. The van der Waals surface area contributed by atoms with Crippen LogP contribution in [0.4, 0.5) is 5.69 Å². The van der Waals surface area contributed by atoms with E-state index in [0.29, 0.717) is 11.3 Å². The summed E-state index contributed by atoms with van der Waals surface area (Å²) in [5.41, 5.74) is 3.44. The molecule has 1 aromatic carbocycles. The molecule has 0 aliphatic carbocycles. The standard InChI is InChI=1S/C18H28N2/c1-18(2)9-5-11-20(13-10-18)12-8-15-14-19-17-7-4-3-6-16(15)17/h3-4,6-7,15,19H,5,8-14H2,1-2H3. The molecule has 1 N–H and O–H groups in total. The summed E-state index contributed by atoms with van der Waals surface area (Å²) in [5, 5.41) is 3.54. The molecule has 1 saturated heterocycles. The van der Waals surface area contributed by atoms with Gasteiger partial charge >= 0.3 is 0 Å². The SMILES string of the molecule is CC1(C)CCCN(CCC2CNc3ccccc32)CC1. The molecule has 0 amide bonds. The number of fused-ring (bicyclic) bond motifs is 1. The Labute approximate surface area is 123 Å². The molecule has 0 bridgehead atoms. The first-order valence-corrected chi connectivity index (χ1v) is 8.19. The van der Waals surface area contributed by atoms with E-state index in [0.717, 1.165) is 6.54 Å². The molecule has 2 heteroatoms. The molecule has 2 heterocycles. The van der Waals surface area contributed by atoms with Gasteiger partial charge in [0.05, 0.1) is 0 Å². The third-order valence-corrected chi connectivity index (χ3v) is 5.17. The smallest absolute Gasteiger partial charge is 0.0376 e. The van der Waals surface area contributed by atoms with Crippen molar-refractivity contribution in [3.05, 3.63) is 29.8 Å². The number of nitrogens with zero attached hydrogens (tertiary/aromatic N) is 1. The summed E-state index contributed by atoms with van der Waals surface area (Å²) in [4.78, 5) is 2.69. The van der Waals surface area contributed by atoms with Gasteiger partial charge in [0.2, 0.25) is 0 Å². The highest BCUT2D eigenvalue weighted by molar-refractivity contribution is 5.57. The average Bonchev–Trinajstić information content (AvgIpc) is 2.76. The molecule has 0 aromatic heterocycles. The van der Waals surface area contributed by atoms with Crippen LogP contribution in [0.25, 0.3) is 0 Å². The second-order valence-corrected chi connectivity index (χ2v) is 7.31. The fourth-order valence-corrected chi connectivity index (χ4v) is 3.66. The maximum Gasteiger partial charge on any atom is 0.0376 e. The van der Waals surface area contributed by atoms with Crippen molar-refractivity contribution in [2.45, 2.75) is 45.4 Å². The van der Waals surface area contributed by atoms with Gasteiger partial charge in [0.25, 0.3) is 0 Å². The molecule has 1 aromatic rings. The Morgan fingerprint density at radius 2 is 2.05 bits per heavy atom. The Hall–Kier alpha value is -1.02. The van der Waals surface area contributed by atoms with Crippen LogP contribution in [-0.2, 0) is 0 Å². The normalized spacial score (nSPS) is 25.8. The number of likely N-dealkylation sites (tertiary alicyclic amines) is 1. The molecule has 0 radical (unpaired) electrons. The molecular formula is C18H28N2. The lowest BCUT2D eigenvalue weighted by molar-refractivity contribution is 0.255. The van der Waals surface area contributed by atoms with Crippen molar-refractivity contribution in [3.63, 3.8) is 0 Å². The van der Waals surface area contributed by atoms with E-state index in [9.17, 15) is 0 Å². The Balaban J connectivity index is 1.53. The number of nitrogens with one attached hydrogen (secondary N) is 1. The zero-order valence-corrected chi connectivity index (χ0v) is 13.0. The molecule has 110 valence electrons. The third-order valence-electron chi connectivity index (χ3n) is 5.17. The van der Waals surface area contributed by atoms with Gasteiger partial charge in [0, 0.05) is 18.2 Å². The number of hydrogen-bond acceptors (Lipinski definition) is 2. The van der Waals surface area contributed by atoms with E-state index in [1.807, 2.05) is 0 Å². The number of hydrogen-bond donors (Lipinski definition) is 1. The molecule has 0 saturated carbocycles. The summed E-state index contributed by atoms with van der Waals surface area (Å²) >= 11 is 0. The van der Waals surface area contributed by atoms with Crippen LogP contribution in [0.2, 0.25) is 0 Å². The first-order valence-electron chi connectivity index (χ1n) is 8.19. The van der Waals surface area contributed by atoms with Crippen LogP contribution in [-0.4, -0.2) is 31.1 Å². The zero-order valence-electron chi connectivity index (χ0n) is 13.0. The average molecular weight is 272 g/mol. The topological polar surface area (TPSA) is 15.3 Å². The van der Waals surface area contributed by atoms with Gasteiger partial charge in [-0.05, 0) is 62.4 Å². The van der Waals surface area contributed by atoms with Crippen molar-refractivity contribution < 1.29 is 0 Å². The van der Waals surface area contributed by atoms with Crippen molar-refractivity contribution in [3.8, 4) is 0 Å². The minimum atomic E-state index is 0.552. The lowest BCUT2D eigenvalue weighted by Gasteiger charge is -2.24. The maximum absolute atomic E-state index is 3.54. The van der Waals surface area contributed by atoms with Gasteiger partial charge in [0.1, 0.15) is 0 Å². The van der Waals surface area contributed by atoms with Crippen molar-refractivity contribution in [2.75, 3.05) is 31.5 Å². The highest BCUT2D eigenvalue weighted by Crippen LogP contribution is 2.34. The first kappa shape index (κ1) is 13.9. The minimum Gasteiger partial charge on any atom is -0.384 e. The summed E-state index contributed by atoms with van der Waals surface area (Å²) < 4.78 is 0. The number of anilines is 1. The van der Waals surface area contributed by atoms with Gasteiger partial charge in [-0.1, -0.05) is 32.0 Å². The fourth-order valence-electron chi connectivity index (χ4n) is 3.66. The summed E-state index contributed by atoms with van der Waals surface area (Å²) in [5.74, 6) is 0.711. The summed E-state index contributed by atoms with van der Waals surface area (Å²) in [6.07, 6.45) is 5.40. The van der Waals surface area contributed by atoms with E-state index >= 15 is 0 Å². The largest absolute Gasteiger partial charge is 0.384 e. The molecule has 1 atom stereocenters. The van der Waals surface area contributed by atoms with Crippen LogP contribution in [0.3, 0.4) is 0 Å². The fraction of sp³-hybridized carbons (Fsp3) is 0.667. The van der Waals surface area contributed by atoms with Crippen LogP contribution in [0.1, 0.15) is 51.0 Å². The molecule has 2 aliphatic rings. The lowest BCUT2D eigenvalue weighted by Crippen LogP contribution is -2.28. The van der Waals surface area contributed by atoms with Crippen molar-refractivity contribution in [1.82, 2.24) is 4.90 Å². The predicted molar refractivity (Wildman–Crippen MR) is 86.4 cm³/mol. The van der Waals surface area contributed by atoms with Crippen LogP contribution >= 0.6 is 0 Å². The molecular weight excluding hydrogens is 244 g/mol. The van der Waals surface area contributed by atoms with Crippen LogP contribution in [0.5, 0.6) is 0 Å². The number of para-hydroxylation sites is 1. The summed E-state index contributed by atoms with van der Waals surface area (Å²) in [7, 11) is 0. The quantitative estimate of drug-likeness (QED) is 0.891.